The Kier molecular flexibility index (Phi) is 2.88. The van der Waals surface area contributed by atoms with Crippen LogP contribution in [0.1, 0.15) is 21.6 Å². The highest BCUT2D eigenvalue weighted by molar-refractivity contribution is 5.89. The molecule has 3 rings (SSSR count). The molecule has 0 radical (unpaired) electrons. The molecule has 0 saturated carbocycles. The molecule has 0 unspecified atom stereocenters. The fourth-order valence-corrected chi connectivity index (χ4v) is 2.25. The minimum Gasteiger partial charge on any atom is -0.465 e. The number of hydrogen-bond donors (Lipinski definition) is 0. The van der Waals surface area contributed by atoms with Gasteiger partial charge in [-0.05, 0) is 40.3 Å². The molecule has 0 atom stereocenters. The Balaban J connectivity index is 2.19. The van der Waals surface area contributed by atoms with Crippen LogP contribution in [0.3, 0.4) is 0 Å². The largest absolute Gasteiger partial charge is 0.465 e. The van der Waals surface area contributed by atoms with Gasteiger partial charge in [0.1, 0.15) is 0 Å². The monoisotopic (exact) mass is 251 g/mol. The van der Waals surface area contributed by atoms with Gasteiger partial charge in [0, 0.05) is 12.6 Å². The van der Waals surface area contributed by atoms with Crippen molar-refractivity contribution in [2.24, 2.45) is 0 Å². The highest BCUT2D eigenvalue weighted by Gasteiger charge is 2.07. The van der Waals surface area contributed by atoms with E-state index in [0.29, 0.717) is 5.56 Å². The van der Waals surface area contributed by atoms with Crippen molar-refractivity contribution in [1.29, 1.82) is 0 Å². The van der Waals surface area contributed by atoms with E-state index in [1.807, 2.05) is 18.2 Å². The van der Waals surface area contributed by atoms with Crippen molar-refractivity contribution in [3.63, 3.8) is 0 Å². The molecule has 0 spiro atoms. The molecule has 19 heavy (non-hydrogen) atoms. The summed E-state index contributed by atoms with van der Waals surface area (Å²) in [4.78, 5) is 15.9. The zero-order valence-electron chi connectivity index (χ0n) is 10.6. The Bertz CT molecular complexity index is 763. The topological polar surface area (TPSA) is 39.2 Å². The fourth-order valence-electron chi connectivity index (χ4n) is 2.25. The van der Waals surface area contributed by atoms with Crippen LogP contribution in [0.15, 0.2) is 36.5 Å². The standard InChI is InChI=1S/C16H13NO2/c1-19-16(18)14-5-4-11-9-13-3-2-8-17-15(13)7-6-12(11)10-14/h2-6,8-10H,7H2,1H3. The molecule has 94 valence electrons. The van der Waals surface area contributed by atoms with Crippen LogP contribution in [0, 0.1) is 0 Å². The van der Waals surface area contributed by atoms with Gasteiger partial charge in [-0.3, -0.25) is 4.98 Å². The number of rotatable bonds is 1. The van der Waals surface area contributed by atoms with Crippen LogP contribution in [0.4, 0.5) is 0 Å². The molecule has 3 nitrogen and oxygen atoms in total. The summed E-state index contributed by atoms with van der Waals surface area (Å²) >= 11 is 0. The number of methoxy groups -OCH3 is 1. The third-order valence-electron chi connectivity index (χ3n) is 3.26. The van der Waals surface area contributed by atoms with Gasteiger partial charge < -0.3 is 4.74 Å². The molecule has 2 aromatic rings. The maximum atomic E-state index is 11.5. The number of hydrogen-bond acceptors (Lipinski definition) is 3. The van der Waals surface area contributed by atoms with Gasteiger partial charge >= 0.3 is 5.97 Å². The van der Waals surface area contributed by atoms with Crippen LogP contribution >= 0.6 is 0 Å². The summed E-state index contributed by atoms with van der Waals surface area (Å²) in [6.45, 7) is 0. The van der Waals surface area contributed by atoms with E-state index in [1.165, 1.54) is 7.11 Å². The predicted molar refractivity (Wildman–Crippen MR) is 73.0 cm³/mol. The molecule has 1 aliphatic rings. The fraction of sp³-hybridized carbons (Fsp3) is 0.125. The van der Waals surface area contributed by atoms with Crippen molar-refractivity contribution < 1.29 is 9.53 Å². The van der Waals surface area contributed by atoms with Crippen LogP contribution in [0.25, 0.3) is 12.2 Å². The Morgan fingerprint density at radius 1 is 1.26 bits per heavy atom. The summed E-state index contributed by atoms with van der Waals surface area (Å²) in [5.41, 5.74) is 2.76. The molecule has 1 aromatic carbocycles. The molecule has 0 aliphatic heterocycles. The van der Waals surface area contributed by atoms with Gasteiger partial charge in [0.25, 0.3) is 0 Å². The van der Waals surface area contributed by atoms with Crippen LogP contribution in [0.2, 0.25) is 0 Å². The van der Waals surface area contributed by atoms with E-state index in [0.717, 1.165) is 28.1 Å². The number of pyridine rings is 1. The Labute approximate surface area is 110 Å². The Morgan fingerprint density at radius 3 is 3.00 bits per heavy atom. The molecule has 1 aromatic heterocycles. The lowest BCUT2D eigenvalue weighted by atomic mass is 10.1. The van der Waals surface area contributed by atoms with Gasteiger partial charge in [-0.15, -0.1) is 0 Å². The van der Waals surface area contributed by atoms with Gasteiger partial charge in [-0.25, -0.2) is 4.79 Å². The predicted octanol–water partition coefficient (Wildman–Crippen LogP) is 1.03. The molecular weight excluding hydrogens is 238 g/mol. The van der Waals surface area contributed by atoms with Crippen molar-refractivity contribution >= 4 is 18.1 Å². The summed E-state index contributed by atoms with van der Waals surface area (Å²) in [6.07, 6.45) is 6.76. The first-order valence-electron chi connectivity index (χ1n) is 6.12. The molecular formula is C16H13NO2. The van der Waals surface area contributed by atoms with E-state index in [9.17, 15) is 4.79 Å². The second-order valence-corrected chi connectivity index (χ2v) is 4.43. The SMILES string of the molecule is COC(=O)c1ccc2c(c1)=CCc1ncccc1C=2. The average Bonchev–Trinajstić information content (AvgIpc) is 2.64. The number of ether oxygens (including phenoxy) is 1. The van der Waals surface area contributed by atoms with E-state index in [-0.39, 0.29) is 5.97 Å². The van der Waals surface area contributed by atoms with E-state index in [2.05, 4.69) is 23.2 Å². The molecule has 0 bridgehead atoms. The Hall–Kier alpha value is -2.42. The molecule has 0 saturated heterocycles. The maximum absolute atomic E-state index is 11.5. The smallest absolute Gasteiger partial charge is 0.337 e. The summed E-state index contributed by atoms with van der Waals surface area (Å²) in [5, 5.41) is 2.14. The lowest BCUT2D eigenvalue weighted by Crippen LogP contribution is -2.25. The number of fused-ring (bicyclic) bond motifs is 2. The van der Waals surface area contributed by atoms with Crippen LogP contribution in [-0.4, -0.2) is 18.1 Å². The van der Waals surface area contributed by atoms with Crippen molar-refractivity contribution in [3.8, 4) is 0 Å². The molecule has 1 aliphatic carbocycles. The minimum atomic E-state index is -0.309. The van der Waals surface area contributed by atoms with Crippen molar-refractivity contribution in [3.05, 3.63) is 63.8 Å². The quantitative estimate of drug-likeness (QED) is 0.711. The van der Waals surface area contributed by atoms with Crippen molar-refractivity contribution in [1.82, 2.24) is 4.98 Å². The minimum absolute atomic E-state index is 0.309. The molecule has 3 heteroatoms. The van der Waals surface area contributed by atoms with Gasteiger partial charge in [0.2, 0.25) is 0 Å². The first kappa shape index (κ1) is 11.7. The first-order valence-corrected chi connectivity index (χ1v) is 6.12. The van der Waals surface area contributed by atoms with Gasteiger partial charge in [0.15, 0.2) is 0 Å². The number of nitrogens with zero attached hydrogens (tertiary/aromatic N) is 1. The zero-order chi connectivity index (χ0) is 13.2. The maximum Gasteiger partial charge on any atom is 0.337 e. The van der Waals surface area contributed by atoms with Gasteiger partial charge in [-0.2, -0.15) is 0 Å². The normalized spacial score (nSPS) is 12.3. The zero-order valence-corrected chi connectivity index (χ0v) is 10.6. The number of benzene rings is 1. The first-order chi connectivity index (χ1) is 9.28. The Morgan fingerprint density at radius 2 is 2.16 bits per heavy atom. The summed E-state index contributed by atoms with van der Waals surface area (Å²) in [7, 11) is 1.39. The highest BCUT2D eigenvalue weighted by atomic mass is 16.5. The van der Waals surface area contributed by atoms with Crippen LogP contribution < -0.4 is 10.4 Å². The third kappa shape index (κ3) is 2.15. The molecule has 0 N–H and O–H groups in total. The molecule has 0 fully saturated rings. The van der Waals surface area contributed by atoms with Crippen molar-refractivity contribution in [2.45, 2.75) is 6.42 Å². The van der Waals surface area contributed by atoms with Crippen LogP contribution in [-0.2, 0) is 11.2 Å². The number of esters is 1. The lowest BCUT2D eigenvalue weighted by Gasteiger charge is -1.99. The van der Waals surface area contributed by atoms with Crippen molar-refractivity contribution in [2.75, 3.05) is 7.11 Å². The van der Waals surface area contributed by atoms with Gasteiger partial charge in [-0.1, -0.05) is 18.2 Å². The second kappa shape index (κ2) is 4.69. The number of aromatic nitrogens is 1. The molecule has 1 heterocycles. The van der Waals surface area contributed by atoms with E-state index in [1.54, 1.807) is 12.3 Å². The third-order valence-corrected chi connectivity index (χ3v) is 3.26. The summed E-state index contributed by atoms with van der Waals surface area (Å²) < 4.78 is 4.74. The van der Waals surface area contributed by atoms with Crippen LogP contribution in [0.5, 0.6) is 0 Å². The number of carbonyl (C=O) groups is 1. The van der Waals surface area contributed by atoms with Gasteiger partial charge in [0.05, 0.1) is 18.4 Å². The highest BCUT2D eigenvalue weighted by Crippen LogP contribution is 2.09. The number of carbonyl (C=O) groups excluding carboxylic acids is 1. The summed E-state index contributed by atoms with van der Waals surface area (Å²) in [5.74, 6) is -0.309. The average molecular weight is 251 g/mol. The molecule has 0 amide bonds. The van der Waals surface area contributed by atoms with E-state index < -0.39 is 0 Å². The van der Waals surface area contributed by atoms with E-state index >= 15 is 0 Å². The second-order valence-electron chi connectivity index (χ2n) is 4.43. The summed E-state index contributed by atoms with van der Waals surface area (Å²) in [6, 6.07) is 9.59. The van der Waals surface area contributed by atoms with E-state index in [4.69, 9.17) is 4.74 Å². The lowest BCUT2D eigenvalue weighted by molar-refractivity contribution is 0.0600.